The Morgan fingerprint density at radius 3 is 2.95 bits per heavy atom. The zero-order valence-corrected chi connectivity index (χ0v) is 11.3. The lowest BCUT2D eigenvalue weighted by molar-refractivity contribution is -0.0455. The van der Waals surface area contributed by atoms with Gasteiger partial charge in [0.1, 0.15) is 5.54 Å². The summed E-state index contributed by atoms with van der Waals surface area (Å²) >= 11 is 0. The maximum atomic E-state index is 13.3. The minimum atomic E-state index is -2.51. The summed E-state index contributed by atoms with van der Waals surface area (Å²) in [6.45, 7) is 0.705. The van der Waals surface area contributed by atoms with Gasteiger partial charge in [0.05, 0.1) is 6.61 Å². The Hall–Kier alpha value is -1.47. The predicted molar refractivity (Wildman–Crippen MR) is 71.3 cm³/mol. The monoisotopic (exact) mass is 293 g/mol. The standard InChI is InChI=1S/C14H14BF2NO3/c16-13(17)14-4-8(5-14)6-18(14)12(19)9-1-2-10-7-21-15(20)11(10)3-9/h1-3,8,13,20H,4-7H2. The van der Waals surface area contributed by atoms with Gasteiger partial charge in [0, 0.05) is 12.1 Å². The number of carbonyl (C=O) groups excluding carboxylic acids is 1. The molecule has 2 bridgehead atoms. The van der Waals surface area contributed by atoms with E-state index in [1.165, 1.54) is 4.90 Å². The van der Waals surface area contributed by atoms with Gasteiger partial charge in [-0.2, -0.15) is 0 Å². The second kappa shape index (κ2) is 4.27. The molecule has 1 aromatic rings. The van der Waals surface area contributed by atoms with E-state index in [2.05, 4.69) is 0 Å². The van der Waals surface area contributed by atoms with Crippen molar-refractivity contribution in [3.05, 3.63) is 29.3 Å². The van der Waals surface area contributed by atoms with Crippen LogP contribution in [0.3, 0.4) is 0 Å². The second-order valence-electron chi connectivity index (χ2n) is 6.17. The highest BCUT2D eigenvalue weighted by Gasteiger charge is 2.63. The topological polar surface area (TPSA) is 49.8 Å². The Bertz CT molecular complexity index is 618. The van der Waals surface area contributed by atoms with Crippen molar-refractivity contribution in [3.8, 4) is 0 Å². The summed E-state index contributed by atoms with van der Waals surface area (Å²) in [5.41, 5.74) is 0.452. The summed E-state index contributed by atoms with van der Waals surface area (Å²) in [6.07, 6.45) is -1.72. The number of carbonyl (C=O) groups is 1. The van der Waals surface area contributed by atoms with E-state index in [0.29, 0.717) is 37.0 Å². The average Bonchev–Trinajstić information content (AvgIpc) is 3.08. The molecule has 4 aliphatic rings. The highest BCUT2D eigenvalue weighted by molar-refractivity contribution is 6.61. The lowest BCUT2D eigenvalue weighted by Crippen LogP contribution is -2.54. The summed E-state index contributed by atoms with van der Waals surface area (Å²) in [5, 5.41) is 9.68. The van der Waals surface area contributed by atoms with Gasteiger partial charge in [-0.1, -0.05) is 6.07 Å². The zero-order chi connectivity index (χ0) is 14.8. The average molecular weight is 293 g/mol. The van der Waals surface area contributed by atoms with Crippen molar-refractivity contribution in [2.75, 3.05) is 6.54 Å². The van der Waals surface area contributed by atoms with Gasteiger partial charge >= 0.3 is 7.12 Å². The Morgan fingerprint density at radius 1 is 1.48 bits per heavy atom. The number of rotatable bonds is 2. The third-order valence-electron chi connectivity index (χ3n) is 4.97. The van der Waals surface area contributed by atoms with Gasteiger partial charge in [-0.05, 0) is 41.9 Å². The number of alkyl halides is 2. The van der Waals surface area contributed by atoms with E-state index in [1.807, 2.05) is 0 Å². The molecule has 0 radical (unpaired) electrons. The number of amides is 1. The van der Waals surface area contributed by atoms with E-state index in [-0.39, 0.29) is 11.8 Å². The fourth-order valence-electron chi connectivity index (χ4n) is 3.81. The number of hydrogen-bond donors (Lipinski definition) is 1. The van der Waals surface area contributed by atoms with Crippen LogP contribution in [-0.4, -0.2) is 41.5 Å². The smallest absolute Gasteiger partial charge is 0.423 e. The van der Waals surface area contributed by atoms with Gasteiger partial charge in [-0.3, -0.25) is 4.79 Å². The Kier molecular flexibility index (Phi) is 2.69. The van der Waals surface area contributed by atoms with Gasteiger partial charge in [0.2, 0.25) is 0 Å². The molecule has 1 amide bonds. The normalized spacial score (nSPS) is 29.8. The first kappa shape index (κ1) is 13.2. The second-order valence-corrected chi connectivity index (χ2v) is 6.17. The molecule has 3 fully saturated rings. The molecule has 1 aliphatic carbocycles. The first-order chi connectivity index (χ1) is 10.0. The van der Waals surface area contributed by atoms with E-state index in [1.54, 1.807) is 18.2 Å². The fraction of sp³-hybridized carbons (Fsp3) is 0.500. The van der Waals surface area contributed by atoms with E-state index in [0.717, 1.165) is 5.56 Å². The molecule has 5 rings (SSSR count). The summed E-state index contributed by atoms with van der Waals surface area (Å²) in [5.74, 6) is -0.177. The van der Waals surface area contributed by atoms with Crippen LogP contribution in [0.25, 0.3) is 0 Å². The van der Waals surface area contributed by atoms with Crippen molar-refractivity contribution >= 4 is 18.5 Å². The van der Waals surface area contributed by atoms with E-state index < -0.39 is 19.1 Å². The maximum Gasteiger partial charge on any atom is 0.491 e. The molecule has 0 spiro atoms. The molecule has 0 unspecified atom stereocenters. The summed E-state index contributed by atoms with van der Waals surface area (Å²) in [7, 11) is -1.04. The number of halogens is 2. The van der Waals surface area contributed by atoms with Gasteiger partial charge in [0.25, 0.3) is 12.3 Å². The van der Waals surface area contributed by atoms with Crippen LogP contribution < -0.4 is 5.46 Å². The first-order valence-electron chi connectivity index (χ1n) is 7.04. The number of hydrogen-bond acceptors (Lipinski definition) is 3. The molecule has 2 saturated heterocycles. The Morgan fingerprint density at radius 2 is 2.24 bits per heavy atom. The molecule has 0 atom stereocenters. The van der Waals surface area contributed by atoms with Crippen molar-refractivity contribution in [2.24, 2.45) is 5.92 Å². The molecule has 21 heavy (non-hydrogen) atoms. The minimum absolute atomic E-state index is 0.200. The van der Waals surface area contributed by atoms with Crippen LogP contribution >= 0.6 is 0 Å². The Labute approximate surface area is 120 Å². The molecule has 4 nitrogen and oxygen atoms in total. The van der Waals surface area contributed by atoms with Crippen LogP contribution in [0.1, 0.15) is 28.8 Å². The zero-order valence-electron chi connectivity index (χ0n) is 11.3. The first-order valence-corrected chi connectivity index (χ1v) is 7.04. The highest BCUT2D eigenvalue weighted by atomic mass is 19.3. The molecular weight excluding hydrogens is 279 g/mol. The Balaban J connectivity index is 1.65. The molecule has 3 heterocycles. The van der Waals surface area contributed by atoms with Crippen molar-refractivity contribution < 1.29 is 23.3 Å². The molecular formula is C14H14BF2NO3. The van der Waals surface area contributed by atoms with Gasteiger partial charge in [-0.25, -0.2) is 8.78 Å². The fourth-order valence-corrected chi connectivity index (χ4v) is 3.81. The molecule has 110 valence electrons. The summed E-state index contributed by atoms with van der Waals surface area (Å²) in [4.78, 5) is 13.9. The van der Waals surface area contributed by atoms with E-state index >= 15 is 0 Å². The van der Waals surface area contributed by atoms with E-state index in [4.69, 9.17) is 4.65 Å². The maximum absolute atomic E-state index is 13.3. The van der Waals surface area contributed by atoms with Gasteiger partial charge < -0.3 is 14.6 Å². The van der Waals surface area contributed by atoms with E-state index in [9.17, 15) is 18.6 Å². The molecule has 0 aromatic heterocycles. The van der Waals surface area contributed by atoms with Crippen LogP contribution in [0, 0.1) is 5.92 Å². The van der Waals surface area contributed by atoms with Crippen LogP contribution in [-0.2, 0) is 11.3 Å². The van der Waals surface area contributed by atoms with Crippen molar-refractivity contribution in [2.45, 2.75) is 31.4 Å². The summed E-state index contributed by atoms with van der Waals surface area (Å²) < 4.78 is 31.7. The van der Waals surface area contributed by atoms with Crippen LogP contribution in [0.5, 0.6) is 0 Å². The largest absolute Gasteiger partial charge is 0.491 e. The third kappa shape index (κ3) is 1.70. The summed E-state index contributed by atoms with van der Waals surface area (Å²) in [6, 6.07) is 4.90. The van der Waals surface area contributed by atoms with Crippen LogP contribution in [0.15, 0.2) is 18.2 Å². The van der Waals surface area contributed by atoms with Crippen molar-refractivity contribution in [1.29, 1.82) is 0 Å². The molecule has 1 N–H and O–H groups in total. The highest BCUT2D eigenvalue weighted by Crippen LogP contribution is 2.54. The molecule has 1 aromatic carbocycles. The van der Waals surface area contributed by atoms with Crippen molar-refractivity contribution in [1.82, 2.24) is 4.90 Å². The van der Waals surface area contributed by atoms with Gasteiger partial charge in [0.15, 0.2) is 0 Å². The third-order valence-corrected chi connectivity index (χ3v) is 4.97. The molecule has 1 saturated carbocycles. The number of fused-ring (bicyclic) bond motifs is 2. The van der Waals surface area contributed by atoms with Crippen molar-refractivity contribution in [3.63, 3.8) is 0 Å². The van der Waals surface area contributed by atoms with Gasteiger partial charge in [-0.15, -0.1) is 0 Å². The van der Waals surface area contributed by atoms with Crippen LogP contribution in [0.2, 0.25) is 0 Å². The molecule has 7 heteroatoms. The molecule has 3 aliphatic heterocycles. The predicted octanol–water partition coefficient (Wildman–Crippen LogP) is 0.774. The lowest BCUT2D eigenvalue weighted by Gasteiger charge is -2.41. The SMILES string of the molecule is O=C(c1ccc2c(c1)B(O)OC2)N1CC2CC1(C(F)F)C2. The minimum Gasteiger partial charge on any atom is -0.423 e. The quantitative estimate of drug-likeness (QED) is 0.820. The van der Waals surface area contributed by atoms with Crippen LogP contribution in [0.4, 0.5) is 8.78 Å². The lowest BCUT2D eigenvalue weighted by atomic mass is 9.73. The number of nitrogens with zero attached hydrogens (tertiary/aromatic N) is 1. The number of benzene rings is 1.